The van der Waals surface area contributed by atoms with E-state index in [0.717, 1.165) is 92.4 Å². The first kappa shape index (κ1) is 35.6. The third-order valence-electron chi connectivity index (χ3n) is 7.53. The predicted octanol–water partition coefficient (Wildman–Crippen LogP) is 11.1. The van der Waals surface area contributed by atoms with E-state index in [-0.39, 0.29) is 12.2 Å². The molecular weight excluding hydrogens is 617 g/mol. The molecule has 0 aliphatic carbocycles. The minimum Gasteiger partial charge on any atom is -0.491 e. The number of benzene rings is 1. The molecule has 0 amide bonds. The topological polar surface area (TPSA) is 72.9 Å². The van der Waals surface area contributed by atoms with Crippen LogP contribution in [-0.2, 0) is 9.53 Å². The molecule has 0 spiro atoms. The third-order valence-corrected chi connectivity index (χ3v) is 12.8. The van der Waals surface area contributed by atoms with Crippen molar-refractivity contribution in [2.24, 2.45) is 11.8 Å². The van der Waals surface area contributed by atoms with Crippen LogP contribution in [0.3, 0.4) is 0 Å². The molecule has 10 heteroatoms. The molecule has 0 fully saturated rings. The minimum absolute atomic E-state index is 0.0102. The van der Waals surface area contributed by atoms with Crippen LogP contribution < -0.4 is 9.47 Å². The number of hydrogen-bond acceptors (Lipinski definition) is 9. The van der Waals surface area contributed by atoms with Gasteiger partial charge in [0.1, 0.15) is 17.6 Å². The summed E-state index contributed by atoms with van der Waals surface area (Å²) in [6.07, 6.45) is 9.53. The molecule has 2 unspecified atom stereocenters. The highest BCUT2D eigenvalue weighted by Crippen LogP contribution is 2.68. The second-order valence-corrected chi connectivity index (χ2v) is 15.1. The lowest BCUT2D eigenvalue weighted by Crippen LogP contribution is -2.14. The van der Waals surface area contributed by atoms with Crippen LogP contribution in [-0.4, -0.2) is 25.8 Å². The Balaban J connectivity index is 2.17. The Kier molecular flexibility index (Phi) is 15.1. The zero-order chi connectivity index (χ0) is 31.4. The number of unbranched alkanes of at least 4 members (excludes halogenated alkanes) is 2. The van der Waals surface area contributed by atoms with E-state index < -0.39 is 5.97 Å². The van der Waals surface area contributed by atoms with Gasteiger partial charge in [0.2, 0.25) is 0 Å². The first-order valence-electron chi connectivity index (χ1n) is 15.5. The van der Waals surface area contributed by atoms with Gasteiger partial charge in [-0.05, 0) is 38.0 Å². The quantitative estimate of drug-likeness (QED) is 0.0702. The number of fused-ring (bicyclic) bond motifs is 2. The lowest BCUT2D eigenvalue weighted by atomic mass is 10.0. The Hall–Kier alpha value is -1.85. The molecule has 2 aliphatic heterocycles. The molecule has 0 saturated heterocycles. The molecule has 1 aromatic rings. The lowest BCUT2D eigenvalue weighted by molar-refractivity contribution is -0.138. The van der Waals surface area contributed by atoms with Crippen molar-refractivity contribution in [1.29, 1.82) is 5.26 Å². The molecule has 1 aromatic carbocycles. The number of thioether (sulfide) groups is 4. The van der Waals surface area contributed by atoms with Gasteiger partial charge in [0, 0.05) is 0 Å². The molecule has 2 aliphatic rings. The van der Waals surface area contributed by atoms with Gasteiger partial charge in [-0.1, -0.05) is 120 Å². The van der Waals surface area contributed by atoms with Crippen LogP contribution in [0.15, 0.2) is 39.3 Å². The lowest BCUT2D eigenvalue weighted by Gasteiger charge is -2.22. The van der Waals surface area contributed by atoms with Crippen molar-refractivity contribution in [2.75, 3.05) is 19.8 Å². The maximum atomic E-state index is 12.7. The van der Waals surface area contributed by atoms with Gasteiger partial charge in [0.15, 0.2) is 11.3 Å². The summed E-state index contributed by atoms with van der Waals surface area (Å²) in [5, 5.41) is 9.96. The van der Waals surface area contributed by atoms with E-state index in [1.54, 1.807) is 30.4 Å². The SMILES string of the molecule is [C-]#[N+]C(CC)=C1Sc2c(OCC(CC)CCCC)c3c(c(OCC(CC)CCCC)c2S1)SC(=C(C#N)C(=O)OCC)S3. The van der Waals surface area contributed by atoms with Crippen LogP contribution >= 0.6 is 47.0 Å². The maximum absolute atomic E-state index is 12.7. The first-order chi connectivity index (χ1) is 20.9. The number of rotatable bonds is 17. The van der Waals surface area contributed by atoms with E-state index in [1.807, 2.05) is 6.92 Å². The van der Waals surface area contributed by atoms with Crippen molar-refractivity contribution in [3.63, 3.8) is 0 Å². The van der Waals surface area contributed by atoms with E-state index in [4.69, 9.17) is 20.8 Å². The van der Waals surface area contributed by atoms with Gasteiger partial charge >= 0.3 is 5.97 Å². The summed E-state index contributed by atoms with van der Waals surface area (Å²) in [6, 6.07) is 2.09. The molecule has 0 bridgehead atoms. The Morgan fingerprint density at radius 2 is 1.28 bits per heavy atom. The monoisotopic (exact) mass is 660 g/mol. The highest BCUT2D eigenvalue weighted by molar-refractivity contribution is 8.26. The smallest absolute Gasteiger partial charge is 0.350 e. The highest BCUT2D eigenvalue weighted by Gasteiger charge is 2.39. The zero-order valence-electron chi connectivity index (χ0n) is 26.3. The fourth-order valence-corrected chi connectivity index (χ4v) is 10.3. The minimum atomic E-state index is -0.611. The Morgan fingerprint density at radius 3 is 1.63 bits per heavy atom. The molecule has 2 heterocycles. The van der Waals surface area contributed by atoms with Crippen molar-refractivity contribution < 1.29 is 19.0 Å². The fourth-order valence-electron chi connectivity index (χ4n) is 4.73. The Morgan fingerprint density at radius 1 is 0.814 bits per heavy atom. The van der Waals surface area contributed by atoms with Gasteiger partial charge in [-0.2, -0.15) is 5.26 Å². The van der Waals surface area contributed by atoms with Crippen LogP contribution in [0.1, 0.15) is 99.3 Å². The molecule has 234 valence electrons. The third kappa shape index (κ3) is 8.87. The molecule has 6 nitrogen and oxygen atoms in total. The number of nitrogens with zero attached hydrogens (tertiary/aromatic N) is 2. The number of nitriles is 1. The molecule has 0 saturated carbocycles. The van der Waals surface area contributed by atoms with Gasteiger partial charge < -0.3 is 14.2 Å². The summed E-state index contributed by atoms with van der Waals surface area (Å²) in [4.78, 5) is 20.3. The van der Waals surface area contributed by atoms with Gasteiger partial charge in [0.25, 0.3) is 0 Å². The fraction of sp³-hybridized carbons (Fsp3) is 0.606. The number of carbonyl (C=O) groups is 1. The summed E-state index contributed by atoms with van der Waals surface area (Å²) >= 11 is 5.97. The average Bonchev–Trinajstić information content (AvgIpc) is 3.64. The highest BCUT2D eigenvalue weighted by atomic mass is 32.2. The van der Waals surface area contributed by atoms with Gasteiger partial charge in [-0.25, -0.2) is 9.64 Å². The van der Waals surface area contributed by atoms with Crippen molar-refractivity contribution in [1.82, 2.24) is 0 Å². The predicted molar refractivity (Wildman–Crippen MR) is 181 cm³/mol. The molecular formula is C33H44N2O4S4. The number of ether oxygens (including phenoxy) is 3. The standard InChI is InChI=1S/C33H44N2O4S4/c1-8-14-16-21(10-3)19-38-25-27-28(41-32(40-27)23(18-34)31(36)37-13-6)26(39-20-22(11-4)17-15-9-2)30-29(25)42-33(43-30)24(12-5)35-7/h21-22H,8-17,19-20H2,1-6H3. The summed E-state index contributed by atoms with van der Waals surface area (Å²) in [7, 11) is 0. The number of carbonyl (C=O) groups excluding carboxylic acids is 1. The zero-order valence-corrected chi connectivity index (χ0v) is 29.6. The molecule has 0 N–H and O–H groups in total. The van der Waals surface area contributed by atoms with E-state index in [1.165, 1.54) is 23.5 Å². The van der Waals surface area contributed by atoms with Gasteiger partial charge in [-0.15, -0.1) is 0 Å². The van der Waals surface area contributed by atoms with Crippen LogP contribution in [0, 0.1) is 29.7 Å². The first-order valence-corrected chi connectivity index (χ1v) is 18.8. The summed E-state index contributed by atoms with van der Waals surface area (Å²) in [5.74, 6) is 1.79. The summed E-state index contributed by atoms with van der Waals surface area (Å²) in [5.41, 5.74) is 0.748. The van der Waals surface area contributed by atoms with E-state index in [2.05, 4.69) is 38.6 Å². The second-order valence-electron chi connectivity index (χ2n) is 10.5. The van der Waals surface area contributed by atoms with Gasteiger partial charge in [0.05, 0.1) is 54.4 Å². The van der Waals surface area contributed by atoms with Gasteiger partial charge in [-0.3, -0.25) is 0 Å². The number of esters is 1. The van der Waals surface area contributed by atoms with Crippen molar-refractivity contribution in [3.05, 3.63) is 31.2 Å². The molecule has 2 atom stereocenters. The summed E-state index contributed by atoms with van der Waals surface area (Å²) < 4.78 is 20.2. The van der Waals surface area contributed by atoms with Crippen molar-refractivity contribution >= 4 is 53.0 Å². The Labute approximate surface area is 275 Å². The summed E-state index contributed by atoms with van der Waals surface area (Å²) in [6.45, 7) is 21.7. The molecule has 0 radical (unpaired) electrons. The molecule has 0 aromatic heterocycles. The molecule has 43 heavy (non-hydrogen) atoms. The van der Waals surface area contributed by atoms with Crippen molar-refractivity contribution in [3.8, 4) is 17.6 Å². The molecule has 3 rings (SSSR count). The van der Waals surface area contributed by atoms with E-state index >= 15 is 0 Å². The maximum Gasteiger partial charge on any atom is 0.350 e. The number of hydrogen-bond donors (Lipinski definition) is 0. The second kappa shape index (κ2) is 18.2. The largest absolute Gasteiger partial charge is 0.491 e. The van der Waals surface area contributed by atoms with E-state index in [0.29, 0.717) is 35.7 Å². The normalized spacial score (nSPS) is 14.8. The van der Waals surface area contributed by atoms with Crippen molar-refractivity contribution in [2.45, 2.75) is 119 Å². The Bertz CT molecular complexity index is 1230. The van der Waals surface area contributed by atoms with Crippen LogP contribution in [0.4, 0.5) is 0 Å². The van der Waals surface area contributed by atoms with Crippen LogP contribution in [0.5, 0.6) is 11.5 Å². The average molecular weight is 661 g/mol. The van der Waals surface area contributed by atoms with Crippen LogP contribution in [0.25, 0.3) is 4.85 Å². The number of allylic oxidation sites excluding steroid dienone is 1. The van der Waals surface area contributed by atoms with E-state index in [9.17, 15) is 10.1 Å². The van der Waals surface area contributed by atoms with Crippen LogP contribution in [0.2, 0.25) is 0 Å².